The van der Waals surface area contributed by atoms with Gasteiger partial charge in [0.1, 0.15) is 0 Å². The minimum Gasteiger partial charge on any atom is -0.326 e. The van der Waals surface area contributed by atoms with Gasteiger partial charge >= 0.3 is 0 Å². The second kappa shape index (κ2) is 5.31. The summed E-state index contributed by atoms with van der Waals surface area (Å²) in [5.74, 6) is 1.68. The highest BCUT2D eigenvalue weighted by atomic mass is 15.2. The molecule has 0 aromatic heterocycles. The largest absolute Gasteiger partial charge is 0.326 e. The van der Waals surface area contributed by atoms with Crippen LogP contribution in [0.2, 0.25) is 0 Å². The molecule has 2 nitrogen and oxygen atoms in total. The van der Waals surface area contributed by atoms with E-state index in [0.717, 1.165) is 11.8 Å². The zero-order chi connectivity index (χ0) is 11.6. The van der Waals surface area contributed by atoms with Crippen LogP contribution in [-0.2, 0) is 0 Å². The lowest BCUT2D eigenvalue weighted by molar-refractivity contribution is 0.0956. The van der Waals surface area contributed by atoms with Crippen molar-refractivity contribution in [1.82, 2.24) is 4.90 Å². The van der Waals surface area contributed by atoms with Crippen LogP contribution in [0.5, 0.6) is 0 Å². The monoisotopic (exact) mass is 212 g/mol. The van der Waals surface area contributed by atoms with Crippen LogP contribution in [0.4, 0.5) is 0 Å². The molecule has 0 amide bonds. The Labute approximate surface area is 95.2 Å². The Morgan fingerprint density at radius 3 is 2.20 bits per heavy atom. The quantitative estimate of drug-likeness (QED) is 0.779. The lowest BCUT2D eigenvalue weighted by atomic mass is 9.76. The van der Waals surface area contributed by atoms with E-state index < -0.39 is 0 Å². The highest BCUT2D eigenvalue weighted by Gasteiger charge is 2.32. The maximum atomic E-state index is 6.24. The fraction of sp³-hybridized carbons (Fsp3) is 1.00. The molecule has 0 spiro atoms. The van der Waals surface area contributed by atoms with Crippen molar-refractivity contribution >= 4 is 0 Å². The lowest BCUT2D eigenvalue weighted by Gasteiger charge is -2.42. The molecule has 1 rings (SSSR count). The average molecular weight is 212 g/mol. The normalized spacial score (nSPS) is 33.0. The Balaban J connectivity index is 2.61. The van der Waals surface area contributed by atoms with Gasteiger partial charge in [-0.15, -0.1) is 0 Å². The minimum absolute atomic E-state index is 0.382. The van der Waals surface area contributed by atoms with Gasteiger partial charge in [0.25, 0.3) is 0 Å². The smallest absolute Gasteiger partial charge is 0.0249 e. The summed E-state index contributed by atoms with van der Waals surface area (Å²) < 4.78 is 0. The topological polar surface area (TPSA) is 29.3 Å². The first kappa shape index (κ1) is 13.0. The average Bonchev–Trinajstić information content (AvgIpc) is 2.16. The van der Waals surface area contributed by atoms with Crippen molar-refractivity contribution < 1.29 is 0 Å². The van der Waals surface area contributed by atoms with Crippen molar-refractivity contribution in [3.05, 3.63) is 0 Å². The van der Waals surface area contributed by atoms with Crippen molar-refractivity contribution in [3.8, 4) is 0 Å². The van der Waals surface area contributed by atoms with Crippen molar-refractivity contribution in [3.63, 3.8) is 0 Å². The first-order chi connectivity index (χ1) is 6.93. The Hall–Kier alpha value is -0.0800. The van der Waals surface area contributed by atoms with Crippen LogP contribution >= 0.6 is 0 Å². The second-order valence-corrected chi connectivity index (χ2v) is 5.81. The Morgan fingerprint density at radius 1 is 1.13 bits per heavy atom. The van der Waals surface area contributed by atoms with Gasteiger partial charge in [-0.05, 0) is 52.0 Å². The van der Waals surface area contributed by atoms with Gasteiger partial charge in [-0.1, -0.05) is 13.8 Å². The third-order valence-corrected chi connectivity index (χ3v) is 4.19. The van der Waals surface area contributed by atoms with E-state index in [9.17, 15) is 0 Å². The standard InChI is InChI=1S/C13H28N2/c1-9(2)11-6-7-12(14)13(8-11)15(5)10(3)4/h9-13H,6-8,14H2,1-5H3. The number of nitrogens with two attached hydrogens (primary N) is 1. The van der Waals surface area contributed by atoms with E-state index >= 15 is 0 Å². The van der Waals surface area contributed by atoms with Gasteiger partial charge < -0.3 is 5.73 Å². The SMILES string of the molecule is CC(C)C1CCC(N)C(N(C)C(C)C)C1. The Morgan fingerprint density at radius 2 is 1.73 bits per heavy atom. The summed E-state index contributed by atoms with van der Waals surface area (Å²) in [7, 11) is 2.22. The van der Waals surface area contributed by atoms with Crippen molar-refractivity contribution in [2.45, 2.75) is 65.1 Å². The van der Waals surface area contributed by atoms with Crippen molar-refractivity contribution in [2.24, 2.45) is 17.6 Å². The Bertz CT molecular complexity index is 189. The molecule has 15 heavy (non-hydrogen) atoms. The minimum atomic E-state index is 0.382. The van der Waals surface area contributed by atoms with E-state index in [2.05, 4.69) is 39.6 Å². The van der Waals surface area contributed by atoms with Gasteiger partial charge in [-0.25, -0.2) is 0 Å². The summed E-state index contributed by atoms with van der Waals surface area (Å²) in [5, 5.41) is 0. The van der Waals surface area contributed by atoms with Crippen LogP contribution < -0.4 is 5.73 Å². The molecular weight excluding hydrogens is 184 g/mol. The van der Waals surface area contributed by atoms with E-state index in [-0.39, 0.29) is 0 Å². The Kier molecular flexibility index (Phi) is 4.60. The fourth-order valence-corrected chi connectivity index (χ4v) is 2.66. The lowest BCUT2D eigenvalue weighted by Crippen LogP contribution is -2.52. The molecule has 0 heterocycles. The third-order valence-electron chi connectivity index (χ3n) is 4.19. The van der Waals surface area contributed by atoms with Gasteiger partial charge in [0.2, 0.25) is 0 Å². The van der Waals surface area contributed by atoms with E-state index in [1.54, 1.807) is 0 Å². The molecule has 0 aromatic rings. The first-order valence-electron chi connectivity index (χ1n) is 6.41. The van der Waals surface area contributed by atoms with Crippen molar-refractivity contribution in [1.29, 1.82) is 0 Å². The first-order valence-corrected chi connectivity index (χ1v) is 6.41. The molecule has 90 valence electrons. The predicted molar refractivity (Wildman–Crippen MR) is 66.8 cm³/mol. The van der Waals surface area contributed by atoms with E-state index in [4.69, 9.17) is 5.73 Å². The van der Waals surface area contributed by atoms with Crippen LogP contribution in [-0.4, -0.2) is 30.1 Å². The fourth-order valence-electron chi connectivity index (χ4n) is 2.66. The third kappa shape index (κ3) is 3.18. The maximum absolute atomic E-state index is 6.24. The molecular formula is C13H28N2. The van der Waals surface area contributed by atoms with Gasteiger partial charge in [0.05, 0.1) is 0 Å². The highest BCUT2D eigenvalue weighted by Crippen LogP contribution is 2.32. The van der Waals surface area contributed by atoms with Gasteiger partial charge in [0, 0.05) is 18.1 Å². The van der Waals surface area contributed by atoms with E-state index in [1.807, 2.05) is 0 Å². The van der Waals surface area contributed by atoms with Crippen LogP contribution in [0.25, 0.3) is 0 Å². The van der Waals surface area contributed by atoms with Gasteiger partial charge in [-0.3, -0.25) is 4.90 Å². The molecule has 0 radical (unpaired) electrons. The highest BCUT2D eigenvalue weighted by molar-refractivity contribution is 4.90. The molecule has 3 atom stereocenters. The summed E-state index contributed by atoms with van der Waals surface area (Å²) in [4.78, 5) is 2.46. The number of nitrogens with zero attached hydrogens (tertiary/aromatic N) is 1. The van der Waals surface area contributed by atoms with E-state index in [1.165, 1.54) is 19.3 Å². The summed E-state index contributed by atoms with van der Waals surface area (Å²) in [6, 6.07) is 1.57. The maximum Gasteiger partial charge on any atom is 0.0249 e. The van der Waals surface area contributed by atoms with E-state index in [0.29, 0.717) is 18.1 Å². The summed E-state index contributed by atoms with van der Waals surface area (Å²) in [6.07, 6.45) is 3.80. The van der Waals surface area contributed by atoms with Crippen molar-refractivity contribution in [2.75, 3.05) is 7.05 Å². The van der Waals surface area contributed by atoms with Crippen LogP contribution in [0.3, 0.4) is 0 Å². The van der Waals surface area contributed by atoms with Crippen LogP contribution in [0.15, 0.2) is 0 Å². The zero-order valence-corrected chi connectivity index (χ0v) is 11.0. The molecule has 0 saturated heterocycles. The summed E-state index contributed by atoms with van der Waals surface area (Å²) in [6.45, 7) is 9.19. The number of hydrogen-bond donors (Lipinski definition) is 1. The van der Waals surface area contributed by atoms with Gasteiger partial charge in [0.15, 0.2) is 0 Å². The molecule has 0 aliphatic heterocycles. The molecule has 2 N–H and O–H groups in total. The molecule has 2 heteroatoms. The molecule has 1 fully saturated rings. The summed E-state index contributed by atoms with van der Waals surface area (Å²) >= 11 is 0. The zero-order valence-electron chi connectivity index (χ0n) is 11.0. The summed E-state index contributed by atoms with van der Waals surface area (Å²) in [5.41, 5.74) is 6.24. The second-order valence-electron chi connectivity index (χ2n) is 5.81. The van der Waals surface area contributed by atoms with Gasteiger partial charge in [-0.2, -0.15) is 0 Å². The number of rotatable bonds is 3. The molecule has 0 bridgehead atoms. The molecule has 1 aliphatic rings. The molecule has 0 aromatic carbocycles. The number of hydrogen-bond acceptors (Lipinski definition) is 2. The van der Waals surface area contributed by atoms with Crippen LogP contribution in [0, 0.1) is 11.8 Å². The predicted octanol–water partition coefficient (Wildman–Crippen LogP) is 2.48. The molecule has 3 unspecified atom stereocenters. The molecule has 1 saturated carbocycles. The van der Waals surface area contributed by atoms with Crippen LogP contribution in [0.1, 0.15) is 47.0 Å². The molecule has 1 aliphatic carbocycles. The number of likely N-dealkylation sites (N-methyl/N-ethyl adjacent to an activating group) is 1.